The van der Waals surface area contributed by atoms with Crippen molar-refractivity contribution in [2.24, 2.45) is 34.5 Å². The molecule has 0 spiro atoms. The number of ether oxygens (including phenoxy) is 2. The normalized spacial score (nSPS) is 34.6. The van der Waals surface area contributed by atoms with Gasteiger partial charge in [-0.1, -0.05) is 54.4 Å². The van der Waals surface area contributed by atoms with Crippen molar-refractivity contribution in [2.75, 3.05) is 0 Å². The summed E-state index contributed by atoms with van der Waals surface area (Å²) in [4.78, 5) is 26.2. The predicted octanol–water partition coefficient (Wildman–Crippen LogP) is 7.09. The van der Waals surface area contributed by atoms with Crippen LogP contribution < -0.4 is 0 Å². The van der Waals surface area contributed by atoms with Gasteiger partial charge in [0.2, 0.25) is 0 Å². The molecule has 4 heteroatoms. The highest BCUT2D eigenvalue weighted by Gasteiger charge is 2.41. The summed E-state index contributed by atoms with van der Waals surface area (Å²) in [7, 11) is 0. The van der Waals surface area contributed by atoms with Crippen molar-refractivity contribution in [3.63, 3.8) is 0 Å². The van der Waals surface area contributed by atoms with Crippen molar-refractivity contribution >= 4 is 11.9 Å². The van der Waals surface area contributed by atoms with Gasteiger partial charge in [-0.15, -0.1) is 0 Å². The molecule has 3 aliphatic carbocycles. The number of hydrogen-bond acceptors (Lipinski definition) is 4. The van der Waals surface area contributed by atoms with Crippen LogP contribution in [0.15, 0.2) is 0 Å². The van der Waals surface area contributed by atoms with Gasteiger partial charge in [0.05, 0.1) is 11.8 Å². The summed E-state index contributed by atoms with van der Waals surface area (Å²) in [6.07, 6.45) is 11.8. The molecule has 0 aromatic carbocycles. The van der Waals surface area contributed by atoms with Gasteiger partial charge in [0.15, 0.2) is 0 Å². The molecule has 2 unspecified atom stereocenters. The molecule has 0 bridgehead atoms. The molecule has 0 N–H and O–H groups in total. The lowest BCUT2D eigenvalue weighted by atomic mass is 9.71. The molecule has 0 aromatic rings. The molecule has 2 atom stereocenters. The maximum Gasteiger partial charge on any atom is 0.310 e. The molecular formula is C28H48O4. The minimum atomic E-state index is -0.317. The number of carbonyl (C=O) groups excluding carboxylic acids is 2. The maximum atomic E-state index is 13.1. The quantitative estimate of drug-likeness (QED) is 0.431. The number of carbonyl (C=O) groups is 2. The first-order chi connectivity index (χ1) is 14.9. The van der Waals surface area contributed by atoms with Crippen molar-refractivity contribution < 1.29 is 19.1 Å². The van der Waals surface area contributed by atoms with Crippen LogP contribution in [0.2, 0.25) is 0 Å². The van der Waals surface area contributed by atoms with Crippen LogP contribution >= 0.6 is 0 Å². The molecule has 3 fully saturated rings. The van der Waals surface area contributed by atoms with E-state index >= 15 is 0 Å². The fourth-order valence-electron chi connectivity index (χ4n) is 6.29. The van der Waals surface area contributed by atoms with Gasteiger partial charge in [0.25, 0.3) is 0 Å². The number of esters is 2. The molecule has 4 nitrogen and oxygen atoms in total. The summed E-state index contributed by atoms with van der Waals surface area (Å²) < 4.78 is 11.9. The first-order valence-electron chi connectivity index (χ1n) is 13.4. The van der Waals surface area contributed by atoms with E-state index in [0.717, 1.165) is 77.0 Å². The highest BCUT2D eigenvalue weighted by atomic mass is 16.6. The Morgan fingerprint density at radius 1 is 0.531 bits per heavy atom. The molecule has 0 saturated heterocycles. The minimum Gasteiger partial charge on any atom is -0.462 e. The number of hydrogen-bond donors (Lipinski definition) is 0. The van der Waals surface area contributed by atoms with Crippen molar-refractivity contribution in [1.29, 1.82) is 0 Å². The molecule has 0 aliphatic heterocycles. The summed E-state index contributed by atoms with van der Waals surface area (Å²) in [5.41, 5.74) is 0.637. The minimum absolute atomic E-state index is 0.0207. The van der Waals surface area contributed by atoms with E-state index in [9.17, 15) is 9.59 Å². The van der Waals surface area contributed by atoms with Gasteiger partial charge >= 0.3 is 11.9 Å². The Morgan fingerprint density at radius 3 is 1.12 bits per heavy atom. The summed E-state index contributed by atoms with van der Waals surface area (Å²) in [6.45, 7) is 13.8. The second-order valence-electron chi connectivity index (χ2n) is 13.1. The first-order valence-corrected chi connectivity index (χ1v) is 13.4. The zero-order valence-corrected chi connectivity index (χ0v) is 21.6. The van der Waals surface area contributed by atoms with Crippen LogP contribution in [0.25, 0.3) is 0 Å². The Labute approximate surface area is 196 Å². The third kappa shape index (κ3) is 6.73. The molecule has 0 aromatic heterocycles. The third-order valence-corrected chi connectivity index (χ3v) is 8.74. The molecule has 3 rings (SSSR count). The zero-order valence-electron chi connectivity index (χ0n) is 21.6. The fraction of sp³-hybridized carbons (Fsp3) is 0.929. The van der Waals surface area contributed by atoms with Crippen molar-refractivity contribution in [2.45, 2.75) is 131 Å². The standard InChI is InChI=1S/C28H48O4/c1-27(2,3)19-11-15-21(16-12-19)31-25(29)23-9-7-8-10-24(23)26(30)32-22-17-13-20(14-18-22)28(4,5)6/h19-24H,7-18H2,1-6H3. The lowest BCUT2D eigenvalue weighted by Gasteiger charge is -2.38. The van der Waals surface area contributed by atoms with Gasteiger partial charge in [0.1, 0.15) is 12.2 Å². The molecule has 0 amide bonds. The molecule has 32 heavy (non-hydrogen) atoms. The van der Waals surface area contributed by atoms with Crippen LogP contribution in [0.4, 0.5) is 0 Å². The van der Waals surface area contributed by atoms with Crippen molar-refractivity contribution in [3.05, 3.63) is 0 Å². The van der Waals surface area contributed by atoms with Crippen LogP contribution in [-0.2, 0) is 19.1 Å². The molecule has 3 aliphatic rings. The lowest BCUT2D eigenvalue weighted by molar-refractivity contribution is -0.171. The lowest BCUT2D eigenvalue weighted by Crippen LogP contribution is -2.39. The summed E-state index contributed by atoms with van der Waals surface area (Å²) in [5, 5.41) is 0. The Balaban J connectivity index is 1.50. The third-order valence-electron chi connectivity index (χ3n) is 8.74. The maximum absolute atomic E-state index is 13.1. The van der Waals surface area contributed by atoms with Crippen LogP contribution in [0.3, 0.4) is 0 Å². The van der Waals surface area contributed by atoms with Gasteiger partial charge in [-0.3, -0.25) is 9.59 Å². The van der Waals surface area contributed by atoms with E-state index in [4.69, 9.17) is 9.47 Å². The Kier molecular flexibility index (Phi) is 8.36. The van der Waals surface area contributed by atoms with Crippen LogP contribution in [0, 0.1) is 34.5 Å². The second kappa shape index (κ2) is 10.5. The van der Waals surface area contributed by atoms with Gasteiger partial charge in [-0.05, 0) is 86.9 Å². The molecular weight excluding hydrogens is 400 g/mol. The van der Waals surface area contributed by atoms with Crippen LogP contribution in [-0.4, -0.2) is 24.1 Å². The molecule has 3 saturated carbocycles. The van der Waals surface area contributed by atoms with Gasteiger partial charge < -0.3 is 9.47 Å². The summed E-state index contributed by atoms with van der Waals surface area (Å²) >= 11 is 0. The largest absolute Gasteiger partial charge is 0.462 e. The topological polar surface area (TPSA) is 52.6 Å². The summed E-state index contributed by atoms with van der Waals surface area (Å²) in [6, 6.07) is 0. The molecule has 184 valence electrons. The Morgan fingerprint density at radius 2 is 0.844 bits per heavy atom. The van der Waals surface area contributed by atoms with Crippen molar-refractivity contribution in [3.8, 4) is 0 Å². The molecule has 0 heterocycles. The predicted molar refractivity (Wildman–Crippen MR) is 128 cm³/mol. The van der Waals surface area contributed by atoms with E-state index in [1.807, 2.05) is 0 Å². The smallest absolute Gasteiger partial charge is 0.310 e. The fourth-order valence-corrected chi connectivity index (χ4v) is 6.29. The van der Waals surface area contributed by atoms with E-state index in [-0.39, 0.29) is 36.0 Å². The zero-order chi connectivity index (χ0) is 23.5. The van der Waals surface area contributed by atoms with Gasteiger partial charge in [-0.2, -0.15) is 0 Å². The highest BCUT2D eigenvalue weighted by Crippen LogP contribution is 2.41. The van der Waals surface area contributed by atoms with E-state index in [2.05, 4.69) is 41.5 Å². The van der Waals surface area contributed by atoms with E-state index in [1.54, 1.807) is 0 Å². The average Bonchev–Trinajstić information content (AvgIpc) is 2.73. The van der Waals surface area contributed by atoms with Gasteiger partial charge in [-0.25, -0.2) is 0 Å². The van der Waals surface area contributed by atoms with E-state index < -0.39 is 0 Å². The Bertz CT molecular complexity index is 569. The summed E-state index contributed by atoms with van der Waals surface area (Å²) in [5.74, 6) is 0.459. The van der Waals surface area contributed by atoms with E-state index in [1.165, 1.54) is 0 Å². The van der Waals surface area contributed by atoms with Crippen LogP contribution in [0.1, 0.15) is 119 Å². The Hall–Kier alpha value is -1.06. The SMILES string of the molecule is CC(C)(C)C1CCC(OC(=O)C2CCCCC2C(=O)OC2CCC(C(C)(C)C)CC2)CC1. The second-order valence-corrected chi connectivity index (χ2v) is 13.1. The van der Waals surface area contributed by atoms with Crippen LogP contribution in [0.5, 0.6) is 0 Å². The number of rotatable bonds is 4. The first kappa shape index (κ1) is 25.6. The van der Waals surface area contributed by atoms with E-state index in [0.29, 0.717) is 22.7 Å². The van der Waals surface area contributed by atoms with Crippen molar-refractivity contribution in [1.82, 2.24) is 0 Å². The average molecular weight is 449 g/mol. The highest BCUT2D eigenvalue weighted by molar-refractivity contribution is 5.82. The molecule has 0 radical (unpaired) electrons. The van der Waals surface area contributed by atoms with Gasteiger partial charge in [0, 0.05) is 0 Å². The monoisotopic (exact) mass is 448 g/mol.